The van der Waals surface area contributed by atoms with E-state index < -0.39 is 0 Å². The van der Waals surface area contributed by atoms with Gasteiger partial charge in [0.15, 0.2) is 0 Å². The number of hydrogen-bond donors (Lipinski definition) is 2. The zero-order valence-electron chi connectivity index (χ0n) is 11.9. The van der Waals surface area contributed by atoms with Crippen LogP contribution in [-0.2, 0) is 4.79 Å². The summed E-state index contributed by atoms with van der Waals surface area (Å²) >= 11 is 0. The highest BCUT2D eigenvalue weighted by atomic mass is 16.2. The van der Waals surface area contributed by atoms with E-state index in [1.165, 1.54) is 0 Å². The molecule has 0 atom stereocenters. The summed E-state index contributed by atoms with van der Waals surface area (Å²) in [6, 6.07) is 0. The lowest BCUT2D eigenvalue weighted by atomic mass is 10.3. The highest BCUT2D eigenvalue weighted by Gasteiger charge is 2.18. The van der Waals surface area contributed by atoms with Gasteiger partial charge in [0.25, 0.3) is 0 Å². The highest BCUT2D eigenvalue weighted by Crippen LogP contribution is 2.06. The summed E-state index contributed by atoms with van der Waals surface area (Å²) in [4.78, 5) is 15.0. The van der Waals surface area contributed by atoms with Crippen molar-refractivity contribution in [2.75, 3.05) is 26.2 Å². The number of amides is 1. The maximum atomic E-state index is 11.1. The van der Waals surface area contributed by atoms with Gasteiger partial charge >= 0.3 is 0 Å². The zero-order chi connectivity index (χ0) is 14.1. The third-order valence-electron chi connectivity index (χ3n) is 2.61. The second kappa shape index (κ2) is 8.44. The standard InChI is InChI=1S/C11H20N4O.C2H6/c1-9(12)3-4-11(13)15-7-5-14(6-8-15)10(2)16;1-2/h3-4H,5-8,12-13H2,1-2H3;1-2H3/b9-3-,11-4+;. The summed E-state index contributed by atoms with van der Waals surface area (Å²) in [5.74, 6) is 0.827. The van der Waals surface area contributed by atoms with Crippen LogP contribution in [0.3, 0.4) is 0 Å². The van der Waals surface area contributed by atoms with Crippen molar-refractivity contribution in [1.29, 1.82) is 0 Å². The van der Waals surface area contributed by atoms with Gasteiger partial charge in [-0.2, -0.15) is 0 Å². The first kappa shape index (κ1) is 16.4. The molecule has 0 unspecified atom stereocenters. The fourth-order valence-corrected chi connectivity index (χ4v) is 1.60. The van der Waals surface area contributed by atoms with E-state index in [9.17, 15) is 4.79 Å². The van der Waals surface area contributed by atoms with Crippen molar-refractivity contribution in [2.24, 2.45) is 11.5 Å². The van der Waals surface area contributed by atoms with Crippen molar-refractivity contribution in [1.82, 2.24) is 9.80 Å². The van der Waals surface area contributed by atoms with Crippen molar-refractivity contribution in [2.45, 2.75) is 27.7 Å². The van der Waals surface area contributed by atoms with E-state index in [1.807, 2.05) is 25.7 Å². The van der Waals surface area contributed by atoms with E-state index in [-0.39, 0.29) is 5.91 Å². The minimum Gasteiger partial charge on any atom is -0.402 e. The Balaban J connectivity index is 0.00000137. The molecule has 0 aromatic heterocycles. The van der Waals surface area contributed by atoms with Gasteiger partial charge in [0.1, 0.15) is 0 Å². The van der Waals surface area contributed by atoms with Crippen molar-refractivity contribution in [3.63, 3.8) is 0 Å². The monoisotopic (exact) mass is 254 g/mol. The Morgan fingerprint density at radius 3 is 1.78 bits per heavy atom. The molecule has 1 fully saturated rings. The van der Waals surface area contributed by atoms with Crippen LogP contribution in [0.15, 0.2) is 23.7 Å². The molecule has 0 bridgehead atoms. The molecule has 0 aromatic carbocycles. The van der Waals surface area contributed by atoms with Gasteiger partial charge < -0.3 is 21.3 Å². The van der Waals surface area contributed by atoms with Gasteiger partial charge in [0, 0.05) is 38.8 Å². The van der Waals surface area contributed by atoms with Gasteiger partial charge in [-0.1, -0.05) is 13.8 Å². The molecule has 0 radical (unpaired) electrons. The Bertz CT molecular complexity index is 311. The number of piperazine rings is 1. The molecule has 18 heavy (non-hydrogen) atoms. The minimum absolute atomic E-state index is 0.125. The maximum absolute atomic E-state index is 11.1. The van der Waals surface area contributed by atoms with Gasteiger partial charge in [-0.15, -0.1) is 0 Å². The van der Waals surface area contributed by atoms with E-state index in [0.29, 0.717) is 5.82 Å². The van der Waals surface area contributed by atoms with Crippen LogP contribution < -0.4 is 11.5 Å². The zero-order valence-corrected chi connectivity index (χ0v) is 11.9. The van der Waals surface area contributed by atoms with E-state index in [4.69, 9.17) is 11.5 Å². The smallest absolute Gasteiger partial charge is 0.219 e. The van der Waals surface area contributed by atoms with Crippen LogP contribution in [0.5, 0.6) is 0 Å². The molecule has 1 saturated heterocycles. The molecule has 1 aliphatic heterocycles. The molecule has 0 saturated carbocycles. The number of carbonyl (C=O) groups excluding carboxylic acids is 1. The second-order valence-electron chi connectivity index (χ2n) is 4.00. The predicted octanol–water partition coefficient (Wildman–Crippen LogP) is 0.839. The quantitative estimate of drug-likeness (QED) is 0.716. The first-order valence-electron chi connectivity index (χ1n) is 6.40. The Morgan fingerprint density at radius 2 is 1.39 bits per heavy atom. The third-order valence-corrected chi connectivity index (χ3v) is 2.61. The molecule has 104 valence electrons. The van der Waals surface area contributed by atoms with Crippen LogP contribution in [0.1, 0.15) is 27.7 Å². The topological polar surface area (TPSA) is 75.6 Å². The van der Waals surface area contributed by atoms with Crippen molar-refractivity contribution in [3.05, 3.63) is 23.7 Å². The summed E-state index contributed by atoms with van der Waals surface area (Å²) < 4.78 is 0. The summed E-state index contributed by atoms with van der Waals surface area (Å²) in [5, 5.41) is 0. The van der Waals surface area contributed by atoms with Crippen molar-refractivity contribution in [3.8, 4) is 0 Å². The molecule has 1 rings (SSSR count). The molecule has 1 amide bonds. The van der Waals surface area contributed by atoms with Crippen molar-refractivity contribution < 1.29 is 4.79 Å². The number of allylic oxidation sites excluding steroid dienone is 3. The maximum Gasteiger partial charge on any atom is 0.219 e. The van der Waals surface area contributed by atoms with E-state index in [1.54, 1.807) is 19.1 Å². The lowest BCUT2D eigenvalue weighted by molar-refractivity contribution is -0.130. The molecule has 5 nitrogen and oxygen atoms in total. The average Bonchev–Trinajstić information content (AvgIpc) is 2.38. The van der Waals surface area contributed by atoms with Gasteiger partial charge in [-0.25, -0.2) is 0 Å². The predicted molar refractivity (Wildman–Crippen MR) is 75.4 cm³/mol. The second-order valence-corrected chi connectivity index (χ2v) is 4.00. The summed E-state index contributed by atoms with van der Waals surface area (Å²) in [5.41, 5.74) is 12.2. The van der Waals surface area contributed by atoms with Crippen LogP contribution in [0, 0.1) is 0 Å². The van der Waals surface area contributed by atoms with Gasteiger partial charge in [-0.05, 0) is 19.1 Å². The van der Waals surface area contributed by atoms with Crippen LogP contribution in [0.2, 0.25) is 0 Å². The molecule has 1 aliphatic rings. The SMILES string of the molecule is CC.CC(=O)N1CCN(/C(N)=C/C=C(/C)N)CC1. The molecular formula is C13H26N4O. The van der Waals surface area contributed by atoms with Crippen LogP contribution in [-0.4, -0.2) is 41.9 Å². The van der Waals surface area contributed by atoms with Crippen LogP contribution in [0.25, 0.3) is 0 Å². The lowest BCUT2D eigenvalue weighted by Crippen LogP contribution is -2.48. The van der Waals surface area contributed by atoms with Gasteiger partial charge in [-0.3, -0.25) is 4.79 Å². The lowest BCUT2D eigenvalue weighted by Gasteiger charge is -2.35. The number of carbonyl (C=O) groups is 1. The summed E-state index contributed by atoms with van der Waals surface area (Å²) in [6.07, 6.45) is 3.59. The Kier molecular flexibility index (Phi) is 7.67. The molecular weight excluding hydrogens is 228 g/mol. The number of rotatable bonds is 2. The van der Waals surface area contributed by atoms with E-state index in [2.05, 4.69) is 4.90 Å². The van der Waals surface area contributed by atoms with Crippen LogP contribution in [0.4, 0.5) is 0 Å². The van der Waals surface area contributed by atoms with E-state index >= 15 is 0 Å². The minimum atomic E-state index is 0.125. The Hall–Kier alpha value is -1.65. The fraction of sp³-hybridized carbons (Fsp3) is 0.615. The number of hydrogen-bond acceptors (Lipinski definition) is 4. The Morgan fingerprint density at radius 1 is 0.944 bits per heavy atom. The normalized spacial score (nSPS) is 17.1. The molecule has 0 aromatic rings. The molecule has 0 aliphatic carbocycles. The molecule has 5 heteroatoms. The van der Waals surface area contributed by atoms with Gasteiger partial charge in [0.2, 0.25) is 5.91 Å². The highest BCUT2D eigenvalue weighted by molar-refractivity contribution is 5.73. The molecule has 1 heterocycles. The third kappa shape index (κ3) is 5.61. The Labute approximate surface area is 110 Å². The van der Waals surface area contributed by atoms with E-state index in [0.717, 1.165) is 31.9 Å². The van der Waals surface area contributed by atoms with Gasteiger partial charge in [0.05, 0.1) is 5.82 Å². The number of nitrogens with zero attached hydrogens (tertiary/aromatic N) is 2. The van der Waals surface area contributed by atoms with Crippen molar-refractivity contribution >= 4 is 5.91 Å². The average molecular weight is 254 g/mol. The fourth-order valence-electron chi connectivity index (χ4n) is 1.60. The summed E-state index contributed by atoms with van der Waals surface area (Å²) in [7, 11) is 0. The number of nitrogens with two attached hydrogens (primary N) is 2. The first-order chi connectivity index (χ1) is 8.50. The molecule has 4 N–H and O–H groups in total. The summed E-state index contributed by atoms with van der Waals surface area (Å²) in [6.45, 7) is 10.4. The first-order valence-corrected chi connectivity index (χ1v) is 6.40. The largest absolute Gasteiger partial charge is 0.402 e. The molecule has 0 spiro atoms. The van der Waals surface area contributed by atoms with Crippen LogP contribution >= 0.6 is 0 Å².